The zero-order valence-electron chi connectivity index (χ0n) is 11.2. The summed E-state index contributed by atoms with van der Waals surface area (Å²) in [5.74, 6) is 2.64. The standard InChI is InChI=1S/C16H17ClN2O/c1-2-13-3-5-14(6-4-13)12-19-9-7-16(8-10-19)11-15(17)18-20-16/h1,3-6,11,18H,7-10,12H2. The highest BCUT2D eigenvalue weighted by atomic mass is 35.5. The van der Waals surface area contributed by atoms with Crippen molar-refractivity contribution < 1.29 is 4.84 Å². The summed E-state index contributed by atoms with van der Waals surface area (Å²) in [6.07, 6.45) is 9.27. The Morgan fingerprint density at radius 3 is 2.55 bits per heavy atom. The highest BCUT2D eigenvalue weighted by Crippen LogP contribution is 2.33. The van der Waals surface area contributed by atoms with Crippen molar-refractivity contribution >= 4 is 11.6 Å². The van der Waals surface area contributed by atoms with E-state index in [1.807, 2.05) is 18.2 Å². The van der Waals surface area contributed by atoms with E-state index in [0.717, 1.165) is 38.0 Å². The van der Waals surface area contributed by atoms with Crippen LogP contribution in [0.4, 0.5) is 0 Å². The van der Waals surface area contributed by atoms with Gasteiger partial charge < -0.3 is 0 Å². The quantitative estimate of drug-likeness (QED) is 0.669. The molecule has 0 atom stereocenters. The second kappa shape index (κ2) is 5.49. The molecule has 2 heterocycles. The molecule has 3 rings (SSSR count). The lowest BCUT2D eigenvalue weighted by atomic mass is 9.91. The molecule has 1 N–H and O–H groups in total. The first-order chi connectivity index (χ1) is 9.69. The van der Waals surface area contributed by atoms with Crippen molar-refractivity contribution in [2.24, 2.45) is 0 Å². The number of terminal acetylenes is 1. The zero-order chi connectivity index (χ0) is 14.0. The Balaban J connectivity index is 1.57. The topological polar surface area (TPSA) is 24.5 Å². The molecule has 0 bridgehead atoms. The largest absolute Gasteiger partial charge is 0.299 e. The Morgan fingerprint density at radius 1 is 1.30 bits per heavy atom. The maximum Gasteiger partial charge on any atom is 0.125 e. The number of piperidine rings is 1. The molecule has 1 saturated heterocycles. The lowest BCUT2D eigenvalue weighted by Gasteiger charge is -2.36. The summed E-state index contributed by atoms with van der Waals surface area (Å²) in [5.41, 5.74) is 4.76. The third-order valence-electron chi connectivity index (χ3n) is 3.97. The zero-order valence-corrected chi connectivity index (χ0v) is 12.0. The van der Waals surface area contributed by atoms with Gasteiger partial charge in [-0.05, 0) is 36.6 Å². The number of hydrogen-bond donors (Lipinski definition) is 1. The van der Waals surface area contributed by atoms with Gasteiger partial charge in [0.15, 0.2) is 0 Å². The lowest BCUT2D eigenvalue weighted by molar-refractivity contribution is -0.0732. The van der Waals surface area contributed by atoms with Gasteiger partial charge in [-0.2, -0.15) is 0 Å². The van der Waals surface area contributed by atoms with Crippen LogP contribution in [0.15, 0.2) is 35.5 Å². The molecule has 20 heavy (non-hydrogen) atoms. The third kappa shape index (κ3) is 2.83. The second-order valence-electron chi connectivity index (χ2n) is 5.38. The van der Waals surface area contributed by atoms with Crippen LogP contribution < -0.4 is 5.48 Å². The van der Waals surface area contributed by atoms with Crippen molar-refractivity contribution in [3.8, 4) is 12.3 Å². The summed E-state index contributed by atoms with van der Waals surface area (Å²) in [6, 6.07) is 8.19. The number of nitrogens with zero attached hydrogens (tertiary/aromatic N) is 1. The van der Waals surface area contributed by atoms with Crippen molar-refractivity contribution in [3.63, 3.8) is 0 Å². The average molecular weight is 289 g/mol. The Morgan fingerprint density at radius 2 is 2.00 bits per heavy atom. The van der Waals surface area contributed by atoms with Crippen LogP contribution in [0.5, 0.6) is 0 Å². The minimum atomic E-state index is -0.207. The van der Waals surface area contributed by atoms with E-state index in [4.69, 9.17) is 22.9 Å². The first kappa shape index (κ1) is 13.5. The van der Waals surface area contributed by atoms with Crippen LogP contribution in [-0.4, -0.2) is 23.6 Å². The minimum absolute atomic E-state index is 0.207. The van der Waals surface area contributed by atoms with Gasteiger partial charge in [-0.15, -0.1) is 6.42 Å². The van der Waals surface area contributed by atoms with Gasteiger partial charge in [0, 0.05) is 25.2 Å². The number of likely N-dealkylation sites (tertiary alicyclic amines) is 1. The molecule has 1 fully saturated rings. The molecule has 2 aliphatic heterocycles. The minimum Gasteiger partial charge on any atom is -0.299 e. The highest BCUT2D eigenvalue weighted by molar-refractivity contribution is 6.29. The summed E-state index contributed by atoms with van der Waals surface area (Å²) in [7, 11) is 0. The van der Waals surface area contributed by atoms with Gasteiger partial charge in [-0.25, -0.2) is 0 Å². The molecule has 0 radical (unpaired) electrons. The first-order valence-electron chi connectivity index (χ1n) is 6.79. The molecule has 1 aromatic rings. The molecule has 104 valence electrons. The fraction of sp³-hybridized carbons (Fsp3) is 0.375. The van der Waals surface area contributed by atoms with E-state index >= 15 is 0 Å². The fourth-order valence-corrected chi connectivity index (χ4v) is 2.98. The SMILES string of the molecule is C#Cc1ccc(CN2CCC3(C=C(Cl)NO3)CC2)cc1. The fourth-order valence-electron chi connectivity index (χ4n) is 2.74. The van der Waals surface area contributed by atoms with Gasteiger partial charge in [0.2, 0.25) is 0 Å². The van der Waals surface area contributed by atoms with Crippen LogP contribution in [0.3, 0.4) is 0 Å². The van der Waals surface area contributed by atoms with Crippen molar-refractivity contribution in [2.45, 2.75) is 25.0 Å². The van der Waals surface area contributed by atoms with E-state index < -0.39 is 0 Å². The Hall–Kier alpha value is -1.47. The predicted octanol–water partition coefficient (Wildman–Crippen LogP) is 2.62. The Bertz CT molecular complexity index is 551. The van der Waals surface area contributed by atoms with E-state index in [0.29, 0.717) is 5.16 Å². The lowest BCUT2D eigenvalue weighted by Crippen LogP contribution is -2.44. The number of rotatable bonds is 2. The number of halogens is 1. The maximum absolute atomic E-state index is 5.93. The molecule has 0 unspecified atom stereocenters. The third-order valence-corrected chi connectivity index (χ3v) is 4.16. The van der Waals surface area contributed by atoms with Crippen LogP contribution in [-0.2, 0) is 11.4 Å². The van der Waals surface area contributed by atoms with Crippen molar-refractivity contribution in [1.82, 2.24) is 10.4 Å². The van der Waals surface area contributed by atoms with E-state index in [9.17, 15) is 0 Å². The molecule has 0 amide bonds. The van der Waals surface area contributed by atoms with Crippen molar-refractivity contribution in [3.05, 3.63) is 46.6 Å². The van der Waals surface area contributed by atoms with Crippen LogP contribution in [0.1, 0.15) is 24.0 Å². The number of nitrogens with one attached hydrogen (secondary N) is 1. The summed E-state index contributed by atoms with van der Waals surface area (Å²) in [6.45, 7) is 2.95. The van der Waals surface area contributed by atoms with Crippen molar-refractivity contribution in [2.75, 3.05) is 13.1 Å². The van der Waals surface area contributed by atoms with Crippen LogP contribution >= 0.6 is 11.6 Å². The smallest absolute Gasteiger partial charge is 0.125 e. The molecule has 0 saturated carbocycles. The number of benzene rings is 1. The van der Waals surface area contributed by atoms with Gasteiger partial charge in [-0.3, -0.25) is 15.2 Å². The van der Waals surface area contributed by atoms with E-state index in [1.54, 1.807) is 0 Å². The summed E-state index contributed by atoms with van der Waals surface area (Å²) < 4.78 is 0. The van der Waals surface area contributed by atoms with E-state index in [1.165, 1.54) is 5.56 Å². The molecular formula is C16H17ClN2O. The average Bonchev–Trinajstić information content (AvgIpc) is 2.84. The van der Waals surface area contributed by atoms with Gasteiger partial charge >= 0.3 is 0 Å². The molecule has 1 aromatic carbocycles. The van der Waals surface area contributed by atoms with Gasteiger partial charge in [0.25, 0.3) is 0 Å². The summed E-state index contributed by atoms with van der Waals surface area (Å²) in [4.78, 5) is 8.03. The summed E-state index contributed by atoms with van der Waals surface area (Å²) in [5, 5.41) is 0.600. The summed E-state index contributed by atoms with van der Waals surface area (Å²) >= 11 is 5.93. The molecule has 3 nitrogen and oxygen atoms in total. The van der Waals surface area contributed by atoms with Crippen LogP contribution in [0.25, 0.3) is 0 Å². The molecule has 1 spiro atoms. The van der Waals surface area contributed by atoms with Gasteiger partial charge in [0.05, 0.1) is 0 Å². The normalized spacial score (nSPS) is 21.3. The Labute approximate surface area is 124 Å². The number of hydroxylamine groups is 1. The second-order valence-corrected chi connectivity index (χ2v) is 5.79. The molecule has 2 aliphatic rings. The van der Waals surface area contributed by atoms with Gasteiger partial charge in [-0.1, -0.05) is 29.7 Å². The molecule has 0 aliphatic carbocycles. The highest BCUT2D eigenvalue weighted by Gasteiger charge is 2.38. The molecule has 0 aromatic heterocycles. The number of hydrogen-bond acceptors (Lipinski definition) is 3. The monoisotopic (exact) mass is 288 g/mol. The van der Waals surface area contributed by atoms with Crippen molar-refractivity contribution in [1.29, 1.82) is 0 Å². The van der Waals surface area contributed by atoms with E-state index in [-0.39, 0.29) is 5.60 Å². The maximum atomic E-state index is 5.93. The van der Waals surface area contributed by atoms with Crippen LogP contribution in [0.2, 0.25) is 0 Å². The molecular weight excluding hydrogens is 272 g/mol. The van der Waals surface area contributed by atoms with Crippen LogP contribution in [0, 0.1) is 12.3 Å². The van der Waals surface area contributed by atoms with E-state index in [2.05, 4.69) is 28.4 Å². The Kier molecular flexibility index (Phi) is 3.71. The molecule has 4 heteroatoms. The predicted molar refractivity (Wildman–Crippen MR) is 79.8 cm³/mol. The van der Waals surface area contributed by atoms with Gasteiger partial charge in [0.1, 0.15) is 10.8 Å². The first-order valence-corrected chi connectivity index (χ1v) is 7.17.